The van der Waals surface area contributed by atoms with Crippen LogP contribution in [-0.4, -0.2) is 49.7 Å². The van der Waals surface area contributed by atoms with E-state index in [0.717, 1.165) is 24.9 Å². The van der Waals surface area contributed by atoms with Gasteiger partial charge in [-0.1, -0.05) is 18.9 Å². The fourth-order valence-corrected chi connectivity index (χ4v) is 4.43. The Hall–Kier alpha value is -2.50. The third kappa shape index (κ3) is 5.52. The molecule has 1 aromatic rings. The van der Waals surface area contributed by atoms with Crippen molar-refractivity contribution in [2.45, 2.75) is 51.5 Å². The number of likely N-dealkylation sites (tertiary alicyclic amines) is 1. The summed E-state index contributed by atoms with van der Waals surface area (Å²) in [7, 11) is 1.57. The molecule has 2 fully saturated rings. The first-order chi connectivity index (χ1) is 14.1. The molecule has 6 nitrogen and oxygen atoms in total. The summed E-state index contributed by atoms with van der Waals surface area (Å²) < 4.78 is 16.0. The number of fused-ring (bicyclic) bond motifs is 1. The van der Waals surface area contributed by atoms with E-state index in [4.69, 9.17) is 14.2 Å². The Kier molecular flexibility index (Phi) is 7.55. The molecule has 158 valence electrons. The second kappa shape index (κ2) is 10.3. The molecule has 2 aliphatic rings. The number of nitrogens with zero attached hydrogens (tertiary/aromatic N) is 1. The van der Waals surface area contributed by atoms with E-state index in [0.29, 0.717) is 30.1 Å². The van der Waals surface area contributed by atoms with Crippen molar-refractivity contribution >= 4 is 18.0 Å². The van der Waals surface area contributed by atoms with Crippen LogP contribution < -0.4 is 9.47 Å². The van der Waals surface area contributed by atoms with E-state index in [-0.39, 0.29) is 12.5 Å². The highest BCUT2D eigenvalue weighted by Gasteiger charge is 2.35. The maximum absolute atomic E-state index is 12.6. The standard InChI is InChI=1S/C23H31NO5/c1-3-28-20-12-10-17(15-21(20)27-2)11-13-23(26)29-16-22(25)24-14-6-8-18-7-4-5-9-19(18)24/h10-13,15,18-19H,3-9,14,16H2,1-2H3/b13-11+/t18-,19+/m1/s1. The van der Waals surface area contributed by atoms with Crippen LogP contribution in [0.15, 0.2) is 24.3 Å². The number of esters is 1. The van der Waals surface area contributed by atoms with E-state index >= 15 is 0 Å². The number of benzene rings is 1. The van der Waals surface area contributed by atoms with Gasteiger partial charge in [0.1, 0.15) is 0 Å². The Labute approximate surface area is 172 Å². The van der Waals surface area contributed by atoms with Crippen molar-refractivity contribution in [3.8, 4) is 11.5 Å². The van der Waals surface area contributed by atoms with Crippen LogP contribution in [0.5, 0.6) is 11.5 Å². The van der Waals surface area contributed by atoms with E-state index in [1.54, 1.807) is 25.3 Å². The molecule has 1 aliphatic heterocycles. The minimum atomic E-state index is -0.525. The second-order valence-electron chi connectivity index (χ2n) is 7.63. The molecule has 1 heterocycles. The number of hydrogen-bond acceptors (Lipinski definition) is 5. The van der Waals surface area contributed by atoms with Crippen molar-refractivity contribution in [2.24, 2.45) is 5.92 Å². The Morgan fingerprint density at radius 2 is 1.93 bits per heavy atom. The highest BCUT2D eigenvalue weighted by atomic mass is 16.5. The summed E-state index contributed by atoms with van der Waals surface area (Å²) in [5.74, 6) is 1.27. The first-order valence-electron chi connectivity index (χ1n) is 10.6. The fourth-order valence-electron chi connectivity index (χ4n) is 4.43. The molecule has 1 saturated carbocycles. The van der Waals surface area contributed by atoms with Gasteiger partial charge in [0.2, 0.25) is 0 Å². The molecule has 3 rings (SSSR count). The molecule has 1 saturated heterocycles. The van der Waals surface area contributed by atoms with Crippen LogP contribution in [0.1, 0.15) is 51.0 Å². The van der Waals surface area contributed by atoms with E-state index in [9.17, 15) is 9.59 Å². The summed E-state index contributed by atoms with van der Waals surface area (Å²) in [6.45, 7) is 3.03. The van der Waals surface area contributed by atoms with Gasteiger partial charge in [-0.3, -0.25) is 4.79 Å². The van der Waals surface area contributed by atoms with E-state index in [1.165, 1.54) is 31.8 Å². The van der Waals surface area contributed by atoms with Crippen LogP contribution >= 0.6 is 0 Å². The van der Waals surface area contributed by atoms with E-state index in [2.05, 4.69) is 0 Å². The Bertz CT molecular complexity index is 743. The Balaban J connectivity index is 1.52. The summed E-state index contributed by atoms with van der Waals surface area (Å²) in [6.07, 6.45) is 9.96. The van der Waals surface area contributed by atoms with E-state index in [1.807, 2.05) is 17.9 Å². The lowest BCUT2D eigenvalue weighted by molar-refractivity contribution is -0.151. The zero-order valence-corrected chi connectivity index (χ0v) is 17.4. The van der Waals surface area contributed by atoms with Crippen LogP contribution in [0.4, 0.5) is 0 Å². The normalized spacial score (nSPS) is 21.5. The van der Waals surface area contributed by atoms with Gasteiger partial charge in [-0.05, 0) is 62.3 Å². The molecule has 29 heavy (non-hydrogen) atoms. The number of ether oxygens (including phenoxy) is 3. The lowest BCUT2D eigenvalue weighted by Crippen LogP contribution is -2.50. The topological polar surface area (TPSA) is 65.1 Å². The second-order valence-corrected chi connectivity index (χ2v) is 7.63. The summed E-state index contributed by atoms with van der Waals surface area (Å²) >= 11 is 0. The van der Waals surface area contributed by atoms with Crippen LogP contribution in [0.3, 0.4) is 0 Å². The van der Waals surface area contributed by atoms with Gasteiger partial charge in [-0.15, -0.1) is 0 Å². The van der Waals surface area contributed by atoms with Crippen molar-refractivity contribution < 1.29 is 23.8 Å². The Morgan fingerprint density at radius 3 is 2.72 bits per heavy atom. The van der Waals surface area contributed by atoms with Gasteiger partial charge in [0, 0.05) is 18.7 Å². The number of hydrogen-bond donors (Lipinski definition) is 0. The SMILES string of the molecule is CCOc1ccc(/C=C/C(=O)OCC(=O)N2CCC[C@H]3CCCC[C@@H]32)cc1OC. The molecular weight excluding hydrogens is 370 g/mol. The van der Waals surface area contributed by atoms with Gasteiger partial charge in [-0.25, -0.2) is 4.79 Å². The average molecular weight is 402 g/mol. The average Bonchev–Trinajstić information content (AvgIpc) is 2.76. The van der Waals surface area contributed by atoms with Crippen LogP contribution in [0.25, 0.3) is 6.08 Å². The van der Waals surface area contributed by atoms with Crippen molar-refractivity contribution in [3.05, 3.63) is 29.8 Å². The van der Waals surface area contributed by atoms with Gasteiger partial charge in [0.15, 0.2) is 18.1 Å². The molecule has 0 N–H and O–H groups in total. The smallest absolute Gasteiger partial charge is 0.331 e. The van der Waals surface area contributed by atoms with Crippen LogP contribution in [0.2, 0.25) is 0 Å². The molecule has 0 spiro atoms. The van der Waals surface area contributed by atoms with Gasteiger partial charge in [0.25, 0.3) is 5.91 Å². The molecule has 0 bridgehead atoms. The predicted octanol–water partition coefficient (Wildman–Crippen LogP) is 3.83. The van der Waals surface area contributed by atoms with Gasteiger partial charge < -0.3 is 19.1 Å². The molecule has 0 unspecified atom stereocenters. The number of carbonyl (C=O) groups is 2. The number of methoxy groups -OCH3 is 1. The van der Waals surface area contributed by atoms with Crippen molar-refractivity contribution in [1.29, 1.82) is 0 Å². The van der Waals surface area contributed by atoms with Crippen LogP contribution in [0, 0.1) is 5.92 Å². The summed E-state index contributed by atoms with van der Waals surface area (Å²) in [5.41, 5.74) is 0.787. The highest BCUT2D eigenvalue weighted by Crippen LogP contribution is 2.35. The zero-order chi connectivity index (χ0) is 20.6. The molecule has 0 radical (unpaired) electrons. The number of piperidine rings is 1. The number of carbonyl (C=O) groups excluding carboxylic acids is 2. The van der Waals surface area contributed by atoms with Crippen molar-refractivity contribution in [2.75, 3.05) is 26.9 Å². The number of amides is 1. The first kappa shape index (κ1) is 21.2. The quantitative estimate of drug-likeness (QED) is 0.513. The summed E-state index contributed by atoms with van der Waals surface area (Å²) in [5, 5.41) is 0. The molecule has 1 aliphatic carbocycles. The maximum Gasteiger partial charge on any atom is 0.331 e. The fraction of sp³-hybridized carbons (Fsp3) is 0.565. The van der Waals surface area contributed by atoms with Gasteiger partial charge in [0.05, 0.1) is 13.7 Å². The molecule has 2 atom stereocenters. The highest BCUT2D eigenvalue weighted by molar-refractivity contribution is 5.89. The summed E-state index contributed by atoms with van der Waals surface area (Å²) in [6, 6.07) is 5.75. The van der Waals surface area contributed by atoms with Crippen molar-refractivity contribution in [3.63, 3.8) is 0 Å². The first-order valence-corrected chi connectivity index (χ1v) is 10.6. The van der Waals surface area contributed by atoms with Gasteiger partial charge in [-0.2, -0.15) is 0 Å². The van der Waals surface area contributed by atoms with Crippen LogP contribution in [-0.2, 0) is 14.3 Å². The third-order valence-corrected chi connectivity index (χ3v) is 5.80. The minimum Gasteiger partial charge on any atom is -0.493 e. The van der Waals surface area contributed by atoms with Crippen molar-refractivity contribution in [1.82, 2.24) is 4.90 Å². The summed E-state index contributed by atoms with van der Waals surface area (Å²) in [4.78, 5) is 26.6. The number of rotatable bonds is 7. The minimum absolute atomic E-state index is 0.0777. The largest absolute Gasteiger partial charge is 0.493 e. The molecule has 1 amide bonds. The maximum atomic E-state index is 12.6. The lowest BCUT2D eigenvalue weighted by atomic mass is 9.78. The lowest BCUT2D eigenvalue weighted by Gasteiger charge is -2.44. The molecule has 1 aromatic carbocycles. The molecular formula is C23H31NO5. The zero-order valence-electron chi connectivity index (χ0n) is 17.4. The monoisotopic (exact) mass is 401 g/mol. The molecule has 6 heteroatoms. The Morgan fingerprint density at radius 1 is 1.14 bits per heavy atom. The van der Waals surface area contributed by atoms with Gasteiger partial charge >= 0.3 is 5.97 Å². The molecule has 0 aromatic heterocycles. The third-order valence-electron chi connectivity index (χ3n) is 5.80. The predicted molar refractivity (Wildman–Crippen MR) is 111 cm³/mol. The van der Waals surface area contributed by atoms with E-state index < -0.39 is 5.97 Å².